The highest BCUT2D eigenvalue weighted by atomic mass is 16.9. The van der Waals surface area contributed by atoms with Crippen LogP contribution < -0.4 is 0 Å². The first-order valence-corrected chi connectivity index (χ1v) is 6.68. The summed E-state index contributed by atoms with van der Waals surface area (Å²) in [5, 5.41) is 0. The van der Waals surface area contributed by atoms with Gasteiger partial charge in [-0.25, -0.2) is 0 Å². The van der Waals surface area contributed by atoms with Crippen LogP contribution in [0.25, 0.3) is 0 Å². The van der Waals surface area contributed by atoms with Gasteiger partial charge < -0.3 is 28.4 Å². The predicted molar refractivity (Wildman–Crippen MR) is 68.7 cm³/mol. The summed E-state index contributed by atoms with van der Waals surface area (Å²) < 4.78 is 56.4. The molecule has 3 aliphatic rings. The lowest BCUT2D eigenvalue weighted by atomic mass is 9.97. The summed E-state index contributed by atoms with van der Waals surface area (Å²) in [7, 11) is 0. The molecule has 0 aromatic heterocycles. The van der Waals surface area contributed by atoms with E-state index < -0.39 is 42.3 Å². The predicted octanol–water partition coefficient (Wildman–Crippen LogP) is 1.54. The van der Waals surface area contributed by atoms with E-state index in [2.05, 4.69) is 0 Å². The van der Waals surface area contributed by atoms with Crippen molar-refractivity contribution in [2.75, 3.05) is 13.2 Å². The van der Waals surface area contributed by atoms with Gasteiger partial charge >= 0.3 is 0 Å². The van der Waals surface area contributed by atoms with Crippen LogP contribution in [-0.4, -0.2) is 48.9 Å². The van der Waals surface area contributed by atoms with Crippen molar-refractivity contribution in [1.29, 1.82) is 0 Å². The van der Waals surface area contributed by atoms with E-state index in [1.54, 1.807) is 13.8 Å². The molecule has 6 nitrogen and oxygen atoms in total. The lowest BCUT2D eigenvalue weighted by Gasteiger charge is -2.40. The molecule has 0 unspecified atom stereocenters. The Bertz CT molecular complexity index is 519. The fraction of sp³-hybridized carbons (Fsp3) is 0.857. The molecule has 3 fully saturated rings. The first kappa shape index (κ1) is 11.0. The first-order valence-electron chi connectivity index (χ1n) is 8.18. The van der Waals surface area contributed by atoms with E-state index in [4.69, 9.17) is 32.5 Å². The van der Waals surface area contributed by atoms with Gasteiger partial charge in [-0.1, -0.05) is 6.53 Å². The summed E-state index contributed by atoms with van der Waals surface area (Å²) in [6.45, 7) is 6.50. The monoisotopic (exact) mass is 289 g/mol. The Morgan fingerprint density at radius 2 is 2.10 bits per heavy atom. The van der Waals surface area contributed by atoms with E-state index in [1.807, 2.05) is 13.8 Å². The van der Waals surface area contributed by atoms with Crippen LogP contribution in [0.4, 0.5) is 0 Å². The minimum atomic E-state index is -1.27. The lowest BCUT2D eigenvalue weighted by Crippen LogP contribution is -2.60. The third kappa shape index (κ3) is 2.25. The van der Waals surface area contributed by atoms with Crippen molar-refractivity contribution in [1.82, 2.24) is 0 Å². The maximum absolute atomic E-state index is 7.48. The number of hydrogen-bond donors (Lipinski definition) is 0. The Kier molecular flexibility index (Phi) is 2.42. The maximum Gasteiger partial charge on any atom is 0.235 e. The zero-order valence-corrected chi connectivity index (χ0v) is 12.1. The van der Waals surface area contributed by atoms with Gasteiger partial charge in [0.25, 0.3) is 0 Å². The highest BCUT2D eigenvalue weighted by Crippen LogP contribution is 2.47. The Morgan fingerprint density at radius 3 is 2.85 bits per heavy atom. The number of rotatable bonds is 3. The molecule has 3 heterocycles. The van der Waals surface area contributed by atoms with Crippen LogP contribution in [0.3, 0.4) is 0 Å². The zero-order chi connectivity index (χ0) is 17.0. The molecule has 0 saturated carbocycles. The molecule has 0 radical (unpaired) electrons. The third-order valence-electron chi connectivity index (χ3n) is 3.62. The van der Waals surface area contributed by atoms with Crippen LogP contribution in [0, 0.1) is 0 Å². The summed E-state index contributed by atoms with van der Waals surface area (Å²) in [5.74, 6) is -2.94. The maximum atomic E-state index is 7.48. The van der Waals surface area contributed by atoms with Gasteiger partial charge in [-0.2, -0.15) is 0 Å². The summed E-state index contributed by atoms with van der Waals surface area (Å²) in [6, 6.07) is 0. The fourth-order valence-electron chi connectivity index (χ4n) is 3.08. The number of fused-ring (bicyclic) bond motifs is 3. The quantitative estimate of drug-likeness (QED) is 0.735. The van der Waals surface area contributed by atoms with E-state index in [1.165, 1.54) is 0 Å². The van der Waals surface area contributed by atoms with Crippen LogP contribution in [0.15, 0.2) is 12.8 Å². The van der Waals surface area contributed by atoms with Crippen LogP contribution in [0.2, 0.25) is 0 Å². The molecular formula is C14H22O6. The molecular weight excluding hydrogens is 264 g/mol. The Hall–Kier alpha value is -0.660. The van der Waals surface area contributed by atoms with Gasteiger partial charge in [0.1, 0.15) is 26.3 Å². The molecule has 20 heavy (non-hydrogen) atoms. The minimum absolute atomic E-state index is 0.172. The summed E-state index contributed by atoms with van der Waals surface area (Å²) in [6.07, 6.45) is -1.84. The van der Waals surface area contributed by atoms with Crippen LogP contribution in [-0.2, 0) is 28.4 Å². The molecule has 0 aromatic carbocycles. The fourth-order valence-corrected chi connectivity index (χ4v) is 3.08. The molecule has 0 amide bonds. The molecule has 0 N–H and O–H groups in total. The van der Waals surface area contributed by atoms with Crippen molar-refractivity contribution in [3.8, 4) is 0 Å². The second kappa shape index (κ2) is 4.42. The first-order chi connectivity index (χ1) is 10.5. The molecule has 0 aromatic rings. The summed E-state index contributed by atoms with van der Waals surface area (Å²) in [4.78, 5) is 0. The third-order valence-corrected chi connectivity index (χ3v) is 3.62. The molecule has 0 spiro atoms. The van der Waals surface area contributed by atoms with E-state index in [-0.39, 0.29) is 19.3 Å². The highest BCUT2D eigenvalue weighted by molar-refractivity contribution is 5.03. The van der Waals surface area contributed by atoms with Crippen molar-refractivity contribution in [2.45, 2.75) is 63.4 Å². The van der Waals surface area contributed by atoms with E-state index in [9.17, 15) is 0 Å². The van der Waals surface area contributed by atoms with Crippen LogP contribution >= 0.6 is 0 Å². The molecule has 0 bridgehead atoms. The Balaban J connectivity index is 1.84. The number of ether oxygens (including phenoxy) is 6. The van der Waals surface area contributed by atoms with Gasteiger partial charge in [0.05, 0.1) is 15.6 Å². The molecule has 0 aliphatic carbocycles. The summed E-state index contributed by atoms with van der Waals surface area (Å²) >= 11 is 0. The average molecular weight is 289 g/mol. The van der Waals surface area contributed by atoms with Crippen molar-refractivity contribution in [3.05, 3.63) is 12.8 Å². The summed E-state index contributed by atoms with van der Waals surface area (Å²) in [5.41, 5.74) is 0. The van der Waals surface area contributed by atoms with E-state index in [0.717, 1.165) is 0 Å². The van der Waals surface area contributed by atoms with Crippen molar-refractivity contribution < 1.29 is 32.5 Å². The SMILES string of the molecule is [2H]C([2H])=C([2H])OC[C@@]12OC[C@H]3OC(C)(C)O[C@H]3[C@@H]1OC(C)(C)O2. The van der Waals surface area contributed by atoms with Gasteiger partial charge in [0.15, 0.2) is 11.6 Å². The van der Waals surface area contributed by atoms with Gasteiger partial charge in [0, 0.05) is 0 Å². The standard InChI is InChI=1S/C14H22O6/c1-6-15-8-14-11(19-13(4,5)20-14)10-9(7-16-14)17-12(2,3)18-10/h6,9-11H,1,7-8H2,2-5H3/t9-,10-,11+,14+/m1/s1/i1D2,6D. The lowest BCUT2D eigenvalue weighted by molar-refractivity contribution is -0.294. The largest absolute Gasteiger partial charge is 0.496 e. The van der Waals surface area contributed by atoms with Crippen LogP contribution in [0.1, 0.15) is 31.8 Å². The van der Waals surface area contributed by atoms with Crippen molar-refractivity contribution >= 4 is 0 Å². The van der Waals surface area contributed by atoms with Crippen LogP contribution in [0.5, 0.6) is 0 Å². The number of hydrogen-bond acceptors (Lipinski definition) is 6. The molecule has 114 valence electrons. The topological polar surface area (TPSA) is 55.4 Å². The zero-order valence-electron chi connectivity index (χ0n) is 15.1. The Labute approximate surface area is 123 Å². The van der Waals surface area contributed by atoms with E-state index >= 15 is 0 Å². The molecule has 3 aliphatic heterocycles. The average Bonchev–Trinajstić information content (AvgIpc) is 2.87. The smallest absolute Gasteiger partial charge is 0.235 e. The van der Waals surface area contributed by atoms with Crippen molar-refractivity contribution in [2.24, 2.45) is 0 Å². The molecule has 6 heteroatoms. The molecule has 3 rings (SSSR count). The van der Waals surface area contributed by atoms with Crippen molar-refractivity contribution in [3.63, 3.8) is 0 Å². The normalized spacial score (nSPS) is 46.6. The second-order valence-electron chi connectivity index (χ2n) is 6.19. The van der Waals surface area contributed by atoms with Gasteiger partial charge in [-0.15, -0.1) is 0 Å². The van der Waals surface area contributed by atoms with Gasteiger partial charge in [-0.05, 0) is 27.7 Å². The highest BCUT2D eigenvalue weighted by Gasteiger charge is 2.65. The second-order valence-corrected chi connectivity index (χ2v) is 6.19. The van der Waals surface area contributed by atoms with Gasteiger partial charge in [0.2, 0.25) is 5.79 Å². The molecule has 3 saturated heterocycles. The Morgan fingerprint density at radius 1 is 1.30 bits per heavy atom. The molecule has 4 atom stereocenters. The van der Waals surface area contributed by atoms with Gasteiger partial charge in [-0.3, -0.25) is 0 Å². The minimum Gasteiger partial charge on any atom is -0.496 e. The van der Waals surface area contributed by atoms with E-state index in [0.29, 0.717) is 0 Å².